The Hall–Kier alpha value is -3.23. The lowest BCUT2D eigenvalue weighted by Gasteiger charge is -2.32. The minimum Gasteiger partial charge on any atom is -0.494 e. The molecule has 1 aromatic heterocycles. The van der Waals surface area contributed by atoms with Gasteiger partial charge >= 0.3 is 0 Å². The third-order valence-electron chi connectivity index (χ3n) is 7.39. The van der Waals surface area contributed by atoms with Crippen molar-refractivity contribution in [3.05, 3.63) is 70.4 Å². The lowest BCUT2D eigenvalue weighted by Crippen LogP contribution is -2.42. The molecule has 0 radical (unpaired) electrons. The molecule has 9 heteroatoms. The normalized spacial score (nSPS) is 15.6. The summed E-state index contributed by atoms with van der Waals surface area (Å²) in [6.45, 7) is 5.91. The van der Waals surface area contributed by atoms with Crippen LogP contribution in [0.3, 0.4) is 0 Å². The van der Waals surface area contributed by atoms with Gasteiger partial charge in [0.05, 0.1) is 37.1 Å². The largest absolute Gasteiger partial charge is 0.494 e. The molecule has 6 nitrogen and oxygen atoms in total. The molecule has 38 heavy (non-hydrogen) atoms. The molecule has 1 aliphatic heterocycles. The highest BCUT2D eigenvalue weighted by atomic mass is 35.5. The number of anilines is 2. The highest BCUT2D eigenvalue weighted by Gasteiger charge is 2.38. The van der Waals surface area contributed by atoms with E-state index in [0.29, 0.717) is 11.5 Å². The predicted octanol–water partition coefficient (Wildman–Crippen LogP) is 5.90. The first-order chi connectivity index (χ1) is 18.0. The molecule has 0 bridgehead atoms. The van der Waals surface area contributed by atoms with Crippen LogP contribution in [0.1, 0.15) is 37.8 Å². The number of aliphatic hydroxyl groups is 1. The maximum absolute atomic E-state index is 15.2. The van der Waals surface area contributed by atoms with Crippen molar-refractivity contribution in [2.75, 3.05) is 37.1 Å². The number of aromatic nitrogens is 1. The van der Waals surface area contributed by atoms with E-state index in [0.717, 1.165) is 36.1 Å². The van der Waals surface area contributed by atoms with Gasteiger partial charge in [-0.2, -0.15) is 0 Å². The third kappa shape index (κ3) is 4.83. The zero-order valence-electron chi connectivity index (χ0n) is 22.2. The lowest BCUT2D eigenvalue weighted by molar-refractivity contribution is -0.122. The molecule has 1 aliphatic rings. The molecule has 0 aliphatic carbocycles. The number of rotatable bonds is 7. The van der Waals surface area contributed by atoms with Gasteiger partial charge in [-0.3, -0.25) is 4.79 Å². The minimum absolute atomic E-state index is 0.0162. The Morgan fingerprint density at radius 2 is 1.95 bits per heavy atom. The van der Waals surface area contributed by atoms with E-state index in [4.69, 9.17) is 16.3 Å². The van der Waals surface area contributed by atoms with Crippen LogP contribution in [0.4, 0.5) is 20.3 Å². The second kappa shape index (κ2) is 10.9. The fraction of sp³-hybridized carbons (Fsp3) is 0.379. The number of nitrogens with zero attached hydrogens (tertiary/aromatic N) is 3. The maximum Gasteiger partial charge on any atom is 0.236 e. The number of likely N-dealkylation sites (N-methyl/N-ethyl adjacent to an activating group) is 1. The molecule has 202 valence electrons. The number of aryl methyl sites for hydroxylation is 1. The van der Waals surface area contributed by atoms with Crippen LogP contribution in [0.25, 0.3) is 11.1 Å². The van der Waals surface area contributed by atoms with Crippen molar-refractivity contribution in [2.45, 2.75) is 45.1 Å². The number of ether oxygens (including phenoxy) is 1. The van der Waals surface area contributed by atoms with Crippen LogP contribution in [0, 0.1) is 18.6 Å². The Balaban J connectivity index is 1.82. The number of carbonyl (C=O) groups excluding carboxylic acids is 1. The SMILES string of the molecule is COc1cc(C(C)(C)C(=O)N(C)c2cnc(N3CCCC3CO)cc2-c2ccccc2C)c(F)c(Cl)c1F. The Morgan fingerprint density at radius 3 is 2.61 bits per heavy atom. The van der Waals surface area contributed by atoms with Crippen molar-refractivity contribution in [3.8, 4) is 16.9 Å². The highest BCUT2D eigenvalue weighted by molar-refractivity contribution is 6.31. The monoisotopic (exact) mass is 543 g/mol. The van der Waals surface area contributed by atoms with Crippen LogP contribution in [0.2, 0.25) is 5.02 Å². The van der Waals surface area contributed by atoms with E-state index in [1.807, 2.05) is 37.3 Å². The summed E-state index contributed by atoms with van der Waals surface area (Å²) in [6.07, 6.45) is 3.46. The van der Waals surface area contributed by atoms with E-state index in [1.54, 1.807) is 27.1 Å². The van der Waals surface area contributed by atoms with Gasteiger partial charge in [0, 0.05) is 24.7 Å². The van der Waals surface area contributed by atoms with Crippen molar-refractivity contribution in [1.29, 1.82) is 0 Å². The molecule has 1 atom stereocenters. The van der Waals surface area contributed by atoms with Crippen LogP contribution in [-0.4, -0.2) is 49.3 Å². The zero-order chi connectivity index (χ0) is 27.8. The molecule has 2 heterocycles. The fourth-order valence-corrected chi connectivity index (χ4v) is 5.30. The molecular formula is C29H32ClF2N3O3. The number of hydrogen-bond acceptors (Lipinski definition) is 5. The van der Waals surface area contributed by atoms with Crippen LogP contribution < -0.4 is 14.5 Å². The van der Waals surface area contributed by atoms with Gasteiger partial charge in [-0.25, -0.2) is 13.8 Å². The summed E-state index contributed by atoms with van der Waals surface area (Å²) >= 11 is 5.91. The number of methoxy groups -OCH3 is 1. The molecule has 0 saturated carbocycles. The average molecular weight is 544 g/mol. The number of amides is 1. The second-order valence-corrected chi connectivity index (χ2v) is 10.5. The standard InChI is InChI=1S/C29H32ClF2N3O3/c1-17-9-6-7-11-19(17)20-13-24(35-12-8-10-18(35)16-36)33-15-22(20)34(4)28(37)29(2,3)21-14-23(38-5)27(32)25(30)26(21)31/h6-7,9,11,13-15,18,36H,8,10,12,16H2,1-5H3. The van der Waals surface area contributed by atoms with E-state index in [1.165, 1.54) is 18.1 Å². The molecule has 1 saturated heterocycles. The van der Waals surface area contributed by atoms with Gasteiger partial charge in [-0.1, -0.05) is 35.9 Å². The molecule has 0 spiro atoms. The lowest BCUT2D eigenvalue weighted by atomic mass is 9.82. The van der Waals surface area contributed by atoms with Gasteiger partial charge in [-0.05, 0) is 56.9 Å². The summed E-state index contributed by atoms with van der Waals surface area (Å²) in [4.78, 5) is 22.1. The molecular weight excluding hydrogens is 512 g/mol. The molecule has 1 unspecified atom stereocenters. The predicted molar refractivity (Wildman–Crippen MR) is 146 cm³/mol. The van der Waals surface area contributed by atoms with Crippen molar-refractivity contribution in [1.82, 2.24) is 4.98 Å². The Morgan fingerprint density at radius 1 is 1.24 bits per heavy atom. The maximum atomic E-state index is 15.2. The quantitative estimate of drug-likeness (QED) is 0.376. The number of halogens is 3. The first kappa shape index (κ1) is 27.8. The summed E-state index contributed by atoms with van der Waals surface area (Å²) in [6, 6.07) is 10.9. The van der Waals surface area contributed by atoms with Gasteiger partial charge in [-0.15, -0.1) is 0 Å². The molecule has 3 aromatic rings. The van der Waals surface area contributed by atoms with Gasteiger partial charge in [0.15, 0.2) is 11.6 Å². The van der Waals surface area contributed by atoms with Crippen molar-refractivity contribution in [2.24, 2.45) is 0 Å². The summed E-state index contributed by atoms with van der Waals surface area (Å²) < 4.78 is 34.5. The number of aliphatic hydroxyl groups excluding tert-OH is 1. The second-order valence-electron chi connectivity index (χ2n) is 10.1. The molecule has 1 fully saturated rings. The topological polar surface area (TPSA) is 65.9 Å². The summed E-state index contributed by atoms with van der Waals surface area (Å²) in [5.74, 6) is -2.00. The number of carbonyl (C=O) groups is 1. The van der Waals surface area contributed by atoms with Gasteiger partial charge in [0.25, 0.3) is 0 Å². The zero-order valence-corrected chi connectivity index (χ0v) is 22.9. The molecule has 1 N–H and O–H groups in total. The van der Waals surface area contributed by atoms with Gasteiger partial charge in [0.2, 0.25) is 5.91 Å². The first-order valence-electron chi connectivity index (χ1n) is 12.5. The molecule has 1 amide bonds. The van der Waals surface area contributed by atoms with E-state index < -0.39 is 28.0 Å². The Bertz CT molecular complexity index is 1370. The third-order valence-corrected chi connectivity index (χ3v) is 7.73. The molecule has 2 aromatic carbocycles. The van der Waals surface area contributed by atoms with Crippen LogP contribution in [-0.2, 0) is 10.2 Å². The van der Waals surface area contributed by atoms with Crippen molar-refractivity contribution < 1.29 is 23.4 Å². The van der Waals surface area contributed by atoms with E-state index in [-0.39, 0.29) is 24.0 Å². The summed E-state index contributed by atoms with van der Waals surface area (Å²) in [5, 5.41) is 9.12. The van der Waals surface area contributed by atoms with Crippen LogP contribution in [0.5, 0.6) is 5.75 Å². The molecule has 4 rings (SSSR count). The van der Waals surface area contributed by atoms with Gasteiger partial charge < -0.3 is 19.6 Å². The first-order valence-corrected chi connectivity index (χ1v) is 12.8. The fourth-order valence-electron chi connectivity index (χ4n) is 5.11. The minimum atomic E-state index is -1.43. The van der Waals surface area contributed by atoms with Crippen molar-refractivity contribution in [3.63, 3.8) is 0 Å². The highest BCUT2D eigenvalue weighted by Crippen LogP contribution is 2.40. The average Bonchev–Trinajstić information content (AvgIpc) is 3.40. The van der Waals surface area contributed by atoms with Crippen LogP contribution >= 0.6 is 11.6 Å². The smallest absolute Gasteiger partial charge is 0.236 e. The Labute approximate surface area is 226 Å². The van der Waals surface area contributed by atoms with E-state index in [2.05, 4.69) is 9.88 Å². The summed E-state index contributed by atoms with van der Waals surface area (Å²) in [7, 11) is 2.86. The van der Waals surface area contributed by atoms with Crippen LogP contribution in [0.15, 0.2) is 42.6 Å². The number of hydrogen-bond donors (Lipinski definition) is 1. The van der Waals surface area contributed by atoms with E-state index >= 15 is 4.39 Å². The van der Waals surface area contributed by atoms with E-state index in [9.17, 15) is 14.3 Å². The Kier molecular flexibility index (Phi) is 7.95. The van der Waals surface area contributed by atoms with Crippen molar-refractivity contribution >= 4 is 29.0 Å². The number of pyridine rings is 1. The van der Waals surface area contributed by atoms with Gasteiger partial charge in [0.1, 0.15) is 16.7 Å². The summed E-state index contributed by atoms with van der Waals surface area (Å²) in [5.41, 5.74) is 1.72. The number of benzene rings is 2.